The molecule has 1 aliphatic heterocycles. The second kappa shape index (κ2) is 7.87. The molecule has 1 atom stereocenters. The highest BCUT2D eigenvalue weighted by Gasteiger charge is 2.28. The van der Waals surface area contributed by atoms with E-state index in [0.29, 0.717) is 22.6 Å². The van der Waals surface area contributed by atoms with Crippen LogP contribution in [0.2, 0.25) is 10.0 Å². The topological polar surface area (TPSA) is 32.3 Å². The Hall–Kier alpha value is -0.770. The molecule has 3 nitrogen and oxygen atoms in total. The van der Waals surface area contributed by atoms with Gasteiger partial charge in [0.2, 0.25) is 5.91 Å². The maximum atomic E-state index is 12.5. The van der Waals surface area contributed by atoms with Crippen molar-refractivity contribution in [3.8, 4) is 0 Å². The molecule has 1 aliphatic carbocycles. The van der Waals surface area contributed by atoms with E-state index in [1.165, 1.54) is 12.8 Å². The number of carbonyl (C=O) groups is 1. The van der Waals surface area contributed by atoms with E-state index >= 15 is 0 Å². The maximum absolute atomic E-state index is 12.5. The summed E-state index contributed by atoms with van der Waals surface area (Å²) in [7, 11) is 0. The van der Waals surface area contributed by atoms with E-state index in [0.717, 1.165) is 44.3 Å². The molecule has 126 valence electrons. The number of nitrogens with one attached hydrogen (secondary N) is 1. The van der Waals surface area contributed by atoms with Crippen molar-refractivity contribution in [2.75, 3.05) is 13.1 Å². The SMILES string of the molecule is O=C(NC1CCCC1)C1CCCN(Cc2c(Cl)cccc2Cl)C1. The molecule has 1 aromatic rings. The summed E-state index contributed by atoms with van der Waals surface area (Å²) >= 11 is 12.5. The molecule has 0 spiro atoms. The lowest BCUT2D eigenvalue weighted by molar-refractivity contribution is -0.127. The summed E-state index contributed by atoms with van der Waals surface area (Å²) in [5.74, 6) is 0.317. The summed E-state index contributed by atoms with van der Waals surface area (Å²) < 4.78 is 0. The van der Waals surface area contributed by atoms with Crippen molar-refractivity contribution in [1.29, 1.82) is 0 Å². The third-order valence-corrected chi connectivity index (χ3v) is 5.73. The van der Waals surface area contributed by atoms with Gasteiger partial charge in [-0.25, -0.2) is 0 Å². The fourth-order valence-electron chi connectivity index (χ4n) is 3.71. The second-order valence-corrected chi connectivity index (χ2v) is 7.58. The van der Waals surface area contributed by atoms with Crippen LogP contribution in [0.25, 0.3) is 0 Å². The standard InChI is InChI=1S/C18H24Cl2N2O/c19-16-8-3-9-17(20)15(16)12-22-10-4-5-13(11-22)18(23)21-14-6-1-2-7-14/h3,8-9,13-14H,1-2,4-7,10-12H2,(H,21,23). The number of hydrogen-bond acceptors (Lipinski definition) is 2. The molecule has 1 N–H and O–H groups in total. The lowest BCUT2D eigenvalue weighted by Crippen LogP contribution is -2.45. The average Bonchev–Trinajstić information content (AvgIpc) is 3.04. The van der Waals surface area contributed by atoms with E-state index < -0.39 is 0 Å². The second-order valence-electron chi connectivity index (χ2n) is 6.76. The van der Waals surface area contributed by atoms with Crippen LogP contribution in [0, 0.1) is 5.92 Å². The van der Waals surface area contributed by atoms with Crippen LogP contribution in [0.15, 0.2) is 18.2 Å². The summed E-state index contributed by atoms with van der Waals surface area (Å²) in [4.78, 5) is 14.8. The summed E-state index contributed by atoms with van der Waals surface area (Å²) in [5.41, 5.74) is 0.965. The minimum absolute atomic E-state index is 0.0885. The van der Waals surface area contributed by atoms with Gasteiger partial charge in [0.15, 0.2) is 0 Å². The molecule has 23 heavy (non-hydrogen) atoms. The largest absolute Gasteiger partial charge is 0.353 e. The van der Waals surface area contributed by atoms with Crippen molar-refractivity contribution in [3.05, 3.63) is 33.8 Å². The number of likely N-dealkylation sites (tertiary alicyclic amines) is 1. The molecule has 5 heteroatoms. The molecule has 2 fully saturated rings. The Kier molecular flexibility index (Phi) is 5.84. The van der Waals surface area contributed by atoms with Gasteiger partial charge in [-0.2, -0.15) is 0 Å². The Bertz CT molecular complexity index is 538. The van der Waals surface area contributed by atoms with Gasteiger partial charge in [0.05, 0.1) is 5.92 Å². The van der Waals surface area contributed by atoms with Crippen LogP contribution >= 0.6 is 23.2 Å². The van der Waals surface area contributed by atoms with E-state index in [2.05, 4.69) is 10.2 Å². The van der Waals surface area contributed by atoms with Crippen molar-refractivity contribution >= 4 is 29.1 Å². The van der Waals surface area contributed by atoms with Crippen LogP contribution in [-0.4, -0.2) is 29.9 Å². The van der Waals surface area contributed by atoms with E-state index in [1.807, 2.05) is 18.2 Å². The highest BCUT2D eigenvalue weighted by atomic mass is 35.5. The molecule has 1 heterocycles. The third kappa shape index (κ3) is 4.40. The Morgan fingerprint density at radius 2 is 1.83 bits per heavy atom. The summed E-state index contributed by atoms with van der Waals surface area (Å²) in [6, 6.07) is 6.01. The lowest BCUT2D eigenvalue weighted by atomic mass is 9.96. The smallest absolute Gasteiger partial charge is 0.224 e. The van der Waals surface area contributed by atoms with Gasteiger partial charge in [0.1, 0.15) is 0 Å². The zero-order chi connectivity index (χ0) is 16.2. The summed E-state index contributed by atoms with van der Waals surface area (Å²) in [6.45, 7) is 2.50. The van der Waals surface area contributed by atoms with Crippen LogP contribution < -0.4 is 5.32 Å². The molecule has 1 saturated heterocycles. The molecule has 1 aromatic carbocycles. The van der Waals surface area contributed by atoms with Crippen molar-refractivity contribution in [3.63, 3.8) is 0 Å². The van der Waals surface area contributed by atoms with E-state index in [1.54, 1.807) is 0 Å². The molecular weight excluding hydrogens is 331 g/mol. The van der Waals surface area contributed by atoms with Crippen LogP contribution in [-0.2, 0) is 11.3 Å². The lowest BCUT2D eigenvalue weighted by Gasteiger charge is -2.33. The number of piperidine rings is 1. The minimum atomic E-state index is 0.0885. The molecule has 0 aromatic heterocycles. The molecule has 0 bridgehead atoms. The summed E-state index contributed by atoms with van der Waals surface area (Å²) in [5, 5.41) is 4.65. The maximum Gasteiger partial charge on any atom is 0.224 e. The number of carbonyl (C=O) groups excluding carboxylic acids is 1. The Balaban J connectivity index is 1.58. The first-order valence-corrected chi connectivity index (χ1v) is 9.34. The molecule has 1 unspecified atom stereocenters. The molecule has 2 aliphatic rings. The molecular formula is C18H24Cl2N2O. The van der Waals surface area contributed by atoms with Crippen molar-refractivity contribution in [2.45, 2.75) is 51.1 Å². The number of amides is 1. The Morgan fingerprint density at radius 1 is 1.13 bits per heavy atom. The monoisotopic (exact) mass is 354 g/mol. The van der Waals surface area contributed by atoms with Crippen LogP contribution in [0.4, 0.5) is 0 Å². The molecule has 1 saturated carbocycles. The van der Waals surface area contributed by atoms with E-state index in [9.17, 15) is 4.79 Å². The fourth-order valence-corrected chi connectivity index (χ4v) is 4.23. The van der Waals surface area contributed by atoms with E-state index in [4.69, 9.17) is 23.2 Å². The van der Waals surface area contributed by atoms with Crippen LogP contribution in [0.1, 0.15) is 44.1 Å². The first kappa shape index (κ1) is 17.1. The van der Waals surface area contributed by atoms with Crippen LogP contribution in [0.5, 0.6) is 0 Å². The zero-order valence-corrected chi connectivity index (χ0v) is 14.9. The number of halogens is 2. The van der Waals surface area contributed by atoms with Gasteiger partial charge in [0, 0.05) is 34.7 Å². The highest BCUT2D eigenvalue weighted by molar-refractivity contribution is 6.35. The predicted octanol–water partition coefficient (Wildman–Crippen LogP) is 4.26. The van der Waals surface area contributed by atoms with Gasteiger partial charge in [-0.05, 0) is 44.4 Å². The first-order chi connectivity index (χ1) is 11.1. The zero-order valence-electron chi connectivity index (χ0n) is 13.4. The molecule has 3 rings (SSSR count). The quantitative estimate of drug-likeness (QED) is 0.875. The van der Waals surface area contributed by atoms with Gasteiger partial charge in [-0.3, -0.25) is 9.69 Å². The van der Waals surface area contributed by atoms with Crippen LogP contribution in [0.3, 0.4) is 0 Å². The van der Waals surface area contributed by atoms with Crippen molar-refractivity contribution in [1.82, 2.24) is 10.2 Å². The predicted molar refractivity (Wildman–Crippen MR) is 94.9 cm³/mol. The van der Waals surface area contributed by atoms with E-state index in [-0.39, 0.29) is 11.8 Å². The van der Waals surface area contributed by atoms with Gasteiger partial charge in [0.25, 0.3) is 0 Å². The number of rotatable bonds is 4. The van der Waals surface area contributed by atoms with Crippen molar-refractivity contribution < 1.29 is 4.79 Å². The van der Waals surface area contributed by atoms with Gasteiger partial charge in [-0.1, -0.05) is 42.1 Å². The number of nitrogens with zero attached hydrogens (tertiary/aromatic N) is 1. The molecule has 1 amide bonds. The Morgan fingerprint density at radius 3 is 2.52 bits per heavy atom. The highest BCUT2D eigenvalue weighted by Crippen LogP contribution is 2.28. The van der Waals surface area contributed by atoms with Gasteiger partial charge >= 0.3 is 0 Å². The first-order valence-electron chi connectivity index (χ1n) is 8.59. The summed E-state index contributed by atoms with van der Waals surface area (Å²) in [6.07, 6.45) is 6.78. The van der Waals surface area contributed by atoms with Gasteiger partial charge in [-0.15, -0.1) is 0 Å². The normalized spacial score (nSPS) is 23.1. The average molecular weight is 355 g/mol. The fraction of sp³-hybridized carbons (Fsp3) is 0.611. The number of benzene rings is 1. The number of hydrogen-bond donors (Lipinski definition) is 1. The minimum Gasteiger partial charge on any atom is -0.353 e. The third-order valence-electron chi connectivity index (χ3n) is 5.02. The molecule has 0 radical (unpaired) electrons. The van der Waals surface area contributed by atoms with Gasteiger partial charge < -0.3 is 5.32 Å². The van der Waals surface area contributed by atoms with Crippen molar-refractivity contribution in [2.24, 2.45) is 5.92 Å². The Labute approximate surface area is 148 Å².